The second-order valence-corrected chi connectivity index (χ2v) is 17.9. The van der Waals surface area contributed by atoms with Gasteiger partial charge in [0.25, 0.3) is 5.69 Å². The number of hydrogen-bond acceptors (Lipinski definition) is 13. The minimum atomic E-state index is -4.62. The molecule has 0 amide bonds. The molecule has 4 N–H and O–H groups in total. The maximum Gasteiger partial charge on any atom is 0.472 e. The first-order valence-electron chi connectivity index (χ1n) is 24.2. The number of nitro groups is 1. The van der Waals surface area contributed by atoms with Crippen LogP contribution in [0.1, 0.15) is 194 Å². The fourth-order valence-corrected chi connectivity index (χ4v) is 7.84. The number of nitrogens with one attached hydrogen (secondary N) is 3. The third kappa shape index (κ3) is 28.8. The molecule has 1 heterocycles. The van der Waals surface area contributed by atoms with Crippen LogP contribution in [0.15, 0.2) is 36.4 Å². The Morgan fingerprint density at radius 2 is 1.17 bits per heavy atom. The molecule has 0 spiro atoms. The van der Waals surface area contributed by atoms with Gasteiger partial charge in [-0.05, 0) is 70.3 Å². The van der Waals surface area contributed by atoms with Gasteiger partial charge in [0.15, 0.2) is 11.8 Å². The first-order chi connectivity index (χ1) is 30.7. The summed E-state index contributed by atoms with van der Waals surface area (Å²) in [7, 11) is -4.62. The Kier molecular flexibility index (Phi) is 32.5. The molecule has 1 aromatic carbocycles. The van der Waals surface area contributed by atoms with Crippen LogP contribution in [0.3, 0.4) is 0 Å². The van der Waals surface area contributed by atoms with Gasteiger partial charge in [-0.2, -0.15) is 4.94 Å². The van der Waals surface area contributed by atoms with E-state index in [0.29, 0.717) is 24.2 Å². The second-order valence-electron chi connectivity index (χ2n) is 16.4. The van der Waals surface area contributed by atoms with E-state index in [1.165, 1.54) is 89.2 Å². The van der Waals surface area contributed by atoms with E-state index < -0.39 is 37.4 Å². The topological polar surface area (TPSA) is 197 Å². The lowest BCUT2D eigenvalue weighted by molar-refractivity contribution is -0.384. The van der Waals surface area contributed by atoms with Crippen molar-refractivity contribution in [3.63, 3.8) is 0 Å². The number of esters is 2. The molecule has 0 saturated carbocycles. The van der Waals surface area contributed by atoms with Crippen LogP contribution in [-0.2, 0) is 37.6 Å². The van der Waals surface area contributed by atoms with E-state index in [-0.39, 0.29) is 44.0 Å². The van der Waals surface area contributed by atoms with E-state index in [1.807, 2.05) is 0 Å². The normalized spacial score (nSPS) is 13.7. The maximum atomic E-state index is 12.8. The zero-order valence-corrected chi connectivity index (χ0v) is 39.5. The molecule has 360 valence electrons. The van der Waals surface area contributed by atoms with Crippen LogP contribution >= 0.6 is 7.82 Å². The van der Waals surface area contributed by atoms with E-state index in [4.69, 9.17) is 23.5 Å². The van der Waals surface area contributed by atoms with Gasteiger partial charge < -0.3 is 19.7 Å². The average molecular weight is 909 g/mol. The van der Waals surface area contributed by atoms with Crippen LogP contribution in [0, 0.1) is 10.1 Å². The standard InChI is InChI=1S/C47H81N4O11P/c1-3-5-7-9-11-13-15-17-19-21-23-25-27-29-31-33-44(52)58-39-41(61-45(53)34-32-30-28-26-24-22-20-18-16-14-12-10-8-6-4-2)40-60-63(56,57)59-38-37-48-42-35-36-43(51(54)55)47-46(42)49-62-50-47/h17-20,35-36,41,48-50H,3-16,21-34,37-40H2,1-2H3,(H,56,57)/b19-17+,20-18+. The van der Waals surface area contributed by atoms with Gasteiger partial charge in [-0.25, -0.2) is 15.5 Å². The Morgan fingerprint density at radius 3 is 1.70 bits per heavy atom. The number of benzene rings is 1. The maximum absolute atomic E-state index is 12.8. The summed E-state index contributed by atoms with van der Waals surface area (Å²) in [5.41, 5.74) is 5.63. The number of phosphoric ester groups is 1. The number of nitro benzene ring substituents is 1. The number of ether oxygens (including phenoxy) is 2. The molecule has 1 aromatic rings. The lowest BCUT2D eigenvalue weighted by atomic mass is 10.1. The molecule has 0 radical (unpaired) electrons. The van der Waals surface area contributed by atoms with Crippen LogP contribution in [0.5, 0.6) is 0 Å². The van der Waals surface area contributed by atoms with Crippen molar-refractivity contribution in [3.05, 3.63) is 46.6 Å². The fourth-order valence-electron chi connectivity index (χ4n) is 7.09. The molecule has 0 fully saturated rings. The largest absolute Gasteiger partial charge is 0.472 e. The predicted octanol–water partition coefficient (Wildman–Crippen LogP) is 13.4. The molecule has 1 aliphatic rings. The third-order valence-corrected chi connectivity index (χ3v) is 11.8. The van der Waals surface area contributed by atoms with E-state index >= 15 is 0 Å². The Hall–Kier alpha value is -3.49. The van der Waals surface area contributed by atoms with Crippen LogP contribution in [0.2, 0.25) is 0 Å². The molecule has 15 nitrogen and oxygen atoms in total. The number of anilines is 3. The van der Waals surface area contributed by atoms with Crippen molar-refractivity contribution in [1.29, 1.82) is 0 Å². The van der Waals surface area contributed by atoms with Crippen LogP contribution in [-0.4, -0.2) is 54.2 Å². The van der Waals surface area contributed by atoms with Crippen LogP contribution in [0.4, 0.5) is 22.7 Å². The average Bonchev–Trinajstić information content (AvgIpc) is 3.76. The summed E-state index contributed by atoms with van der Waals surface area (Å²) in [6.07, 6.45) is 38.2. The summed E-state index contributed by atoms with van der Waals surface area (Å²) in [5.74, 6) is -0.941. The molecule has 0 saturated heterocycles. The summed E-state index contributed by atoms with van der Waals surface area (Å²) < 4.78 is 34.1. The molecular weight excluding hydrogens is 828 g/mol. The monoisotopic (exact) mass is 909 g/mol. The summed E-state index contributed by atoms with van der Waals surface area (Å²) in [4.78, 5) is 51.4. The molecule has 63 heavy (non-hydrogen) atoms. The highest BCUT2D eigenvalue weighted by atomic mass is 31.2. The van der Waals surface area contributed by atoms with Crippen molar-refractivity contribution < 1.29 is 47.4 Å². The summed E-state index contributed by atoms with van der Waals surface area (Å²) in [5, 5.41) is 14.2. The third-order valence-electron chi connectivity index (χ3n) is 10.8. The lowest BCUT2D eigenvalue weighted by Gasteiger charge is -2.20. The second kappa shape index (κ2) is 36.8. The first-order valence-corrected chi connectivity index (χ1v) is 25.7. The highest BCUT2D eigenvalue weighted by molar-refractivity contribution is 7.47. The number of carbonyl (C=O) groups excluding carboxylic acids is 2. The smallest absolute Gasteiger partial charge is 0.462 e. The number of phosphoric acid groups is 1. The number of nitrogens with zero attached hydrogens (tertiary/aromatic N) is 1. The highest BCUT2D eigenvalue weighted by Crippen LogP contribution is 2.44. The van der Waals surface area contributed by atoms with Gasteiger partial charge in [-0.3, -0.25) is 28.8 Å². The van der Waals surface area contributed by atoms with E-state index in [0.717, 1.165) is 77.0 Å². The SMILES string of the molecule is CCCCCCCC/C=C/CCCCCCCC(=O)OCC(COP(=O)(O)OCCNc1ccc([N+](=O)[O-])c2c1NON2)OC(=O)CCCCCCC/C=C/CCCCCCCC. The van der Waals surface area contributed by atoms with Crippen molar-refractivity contribution in [2.24, 2.45) is 0 Å². The zero-order valence-electron chi connectivity index (χ0n) is 38.6. The van der Waals surface area contributed by atoms with Gasteiger partial charge in [0.2, 0.25) is 0 Å². The highest BCUT2D eigenvalue weighted by Gasteiger charge is 2.28. The number of hydrogen-bond donors (Lipinski definition) is 4. The van der Waals surface area contributed by atoms with Gasteiger partial charge >= 0.3 is 19.8 Å². The van der Waals surface area contributed by atoms with Crippen LogP contribution < -0.4 is 16.3 Å². The first kappa shape index (κ1) is 55.6. The molecule has 2 rings (SSSR count). The molecule has 1 aliphatic heterocycles. The number of allylic oxidation sites excluding steroid dienone is 4. The summed E-state index contributed by atoms with van der Waals surface area (Å²) >= 11 is 0. The quantitative estimate of drug-likeness (QED) is 0.0121. The Morgan fingerprint density at radius 1 is 0.698 bits per heavy atom. The van der Waals surface area contributed by atoms with Gasteiger partial charge in [-0.15, -0.1) is 0 Å². The summed E-state index contributed by atoms with van der Waals surface area (Å²) in [6.45, 7) is 3.38. The van der Waals surface area contributed by atoms with Crippen molar-refractivity contribution in [2.75, 3.05) is 42.6 Å². The number of rotatable bonds is 42. The van der Waals surface area contributed by atoms with Crippen molar-refractivity contribution in [3.8, 4) is 0 Å². The van der Waals surface area contributed by atoms with Gasteiger partial charge in [0.1, 0.15) is 12.3 Å². The molecule has 0 aliphatic carbocycles. The van der Waals surface area contributed by atoms with Gasteiger partial charge in [-0.1, -0.05) is 141 Å². The van der Waals surface area contributed by atoms with Gasteiger partial charge in [0.05, 0.1) is 23.8 Å². The van der Waals surface area contributed by atoms with Crippen molar-refractivity contribution in [2.45, 2.75) is 200 Å². The molecule has 2 unspecified atom stereocenters. The Labute approximate surface area is 377 Å². The number of carbonyl (C=O) groups is 2. The van der Waals surface area contributed by atoms with Crippen LogP contribution in [0.25, 0.3) is 0 Å². The van der Waals surface area contributed by atoms with E-state index in [2.05, 4.69) is 54.4 Å². The van der Waals surface area contributed by atoms with Crippen molar-refractivity contribution in [1.82, 2.24) is 0 Å². The minimum absolute atomic E-state index is 0.0299. The fraction of sp³-hybridized carbons (Fsp3) is 0.745. The van der Waals surface area contributed by atoms with Gasteiger partial charge in [0, 0.05) is 25.5 Å². The molecular formula is C47H81N4O11P. The van der Waals surface area contributed by atoms with E-state index in [1.54, 1.807) is 0 Å². The van der Waals surface area contributed by atoms with E-state index in [9.17, 15) is 29.2 Å². The Balaban J connectivity index is 1.71. The summed E-state index contributed by atoms with van der Waals surface area (Å²) in [6, 6.07) is 2.75. The lowest BCUT2D eigenvalue weighted by Crippen LogP contribution is -2.29. The predicted molar refractivity (Wildman–Crippen MR) is 251 cm³/mol. The Bertz CT molecular complexity index is 1500. The molecule has 0 bridgehead atoms. The molecule has 0 aromatic heterocycles. The minimum Gasteiger partial charge on any atom is -0.462 e. The van der Waals surface area contributed by atoms with Crippen molar-refractivity contribution >= 4 is 42.5 Å². The molecule has 2 atom stereocenters. The molecule has 16 heteroatoms. The number of fused-ring (bicyclic) bond motifs is 1. The number of unbranched alkanes of at least 4 members (excludes halogenated alkanes) is 22. The zero-order chi connectivity index (χ0) is 45.6.